The number of carbonyl (C=O) groups excluding carboxylic acids is 4. The number of halogens is 1. The SMILES string of the molecule is COC(=O)NC(C(=O)N1CCC[C@H]1c1ncc(-c2cc(F)c3c(c2)OC(c2cnc(C(C)(C)C)s2)n2c-3cc3cc(-c4cnc([C@@H]5CCCN5C(=O)C(NC(=O)OC)C(C)C)[nH]4)ccc32)[nH]1)C(C)C. The lowest BCUT2D eigenvalue weighted by atomic mass is 9.98. The maximum absolute atomic E-state index is 16.9. The fourth-order valence-electron chi connectivity index (χ4n) is 9.72. The number of alkyl carbamates (subject to hydrolysis) is 2. The van der Waals surface area contributed by atoms with Crippen LogP contribution in [0.2, 0.25) is 0 Å². The van der Waals surface area contributed by atoms with Crippen LogP contribution in [0.25, 0.3) is 44.7 Å². The first-order valence-corrected chi connectivity index (χ1v) is 24.3. The third kappa shape index (κ3) is 8.92. The fourth-order valence-corrected chi connectivity index (χ4v) is 10.7. The highest BCUT2D eigenvalue weighted by molar-refractivity contribution is 7.11. The van der Waals surface area contributed by atoms with E-state index in [0.717, 1.165) is 44.9 Å². The van der Waals surface area contributed by atoms with Crippen molar-refractivity contribution in [3.05, 3.63) is 82.3 Å². The molecule has 0 saturated carbocycles. The van der Waals surface area contributed by atoms with E-state index in [4.69, 9.17) is 29.2 Å². The summed E-state index contributed by atoms with van der Waals surface area (Å²) in [6, 6.07) is 9.13. The van der Waals surface area contributed by atoms with Crippen LogP contribution >= 0.6 is 11.3 Å². The zero-order valence-corrected chi connectivity index (χ0v) is 41.1. The van der Waals surface area contributed by atoms with Gasteiger partial charge in [-0.05, 0) is 67.9 Å². The number of benzene rings is 2. The molecule has 0 aliphatic carbocycles. The average Bonchev–Trinajstić information content (AvgIpc) is 4.18. The lowest BCUT2D eigenvalue weighted by molar-refractivity contribution is -0.136. The molecule has 3 aliphatic rings. The van der Waals surface area contributed by atoms with E-state index in [1.165, 1.54) is 20.3 Å². The Kier molecular flexibility index (Phi) is 12.8. The number of hydrogen-bond donors (Lipinski definition) is 4. The van der Waals surface area contributed by atoms with E-state index in [0.29, 0.717) is 65.8 Å². The minimum Gasteiger partial charge on any atom is -0.464 e. The molecule has 3 aliphatic heterocycles. The molecule has 4 amide bonds. The highest BCUT2D eigenvalue weighted by Gasteiger charge is 2.40. The number of hydrogen-bond acceptors (Lipinski definition) is 11. The Morgan fingerprint density at radius 2 is 1.35 bits per heavy atom. The molecule has 0 spiro atoms. The second-order valence-electron chi connectivity index (χ2n) is 19.8. The number of amides is 4. The molecule has 364 valence electrons. The molecular weight excluding hydrogens is 904 g/mol. The third-order valence-electron chi connectivity index (χ3n) is 13.3. The molecule has 9 rings (SSSR count). The normalized spacial score (nSPS) is 18.8. The lowest BCUT2D eigenvalue weighted by Crippen LogP contribution is -2.51. The molecule has 6 aromatic rings. The number of rotatable bonds is 11. The average molecular weight is 963 g/mol. The minimum absolute atomic E-state index is 0.157. The summed E-state index contributed by atoms with van der Waals surface area (Å²) in [5.41, 5.74) is 4.27. The Bertz CT molecular complexity index is 2930. The van der Waals surface area contributed by atoms with Crippen molar-refractivity contribution >= 4 is 46.2 Å². The Balaban J connectivity index is 1.04. The molecule has 19 heteroatoms. The van der Waals surface area contributed by atoms with Crippen molar-refractivity contribution in [1.29, 1.82) is 0 Å². The summed E-state index contributed by atoms with van der Waals surface area (Å²) in [7, 11) is 2.54. The molecule has 7 heterocycles. The number of aromatic nitrogens is 6. The van der Waals surface area contributed by atoms with Gasteiger partial charge in [-0.15, -0.1) is 11.3 Å². The van der Waals surface area contributed by atoms with Crippen molar-refractivity contribution in [3.63, 3.8) is 0 Å². The van der Waals surface area contributed by atoms with Crippen LogP contribution in [-0.4, -0.2) is 103 Å². The van der Waals surface area contributed by atoms with E-state index >= 15 is 4.39 Å². The van der Waals surface area contributed by atoms with Gasteiger partial charge < -0.3 is 44.6 Å². The molecule has 3 unspecified atom stereocenters. The van der Waals surface area contributed by atoms with E-state index in [9.17, 15) is 19.2 Å². The zero-order chi connectivity index (χ0) is 49.1. The van der Waals surface area contributed by atoms with Gasteiger partial charge in [-0.1, -0.05) is 54.5 Å². The zero-order valence-electron chi connectivity index (χ0n) is 40.3. The Labute approximate surface area is 403 Å². The number of nitrogens with one attached hydrogen (secondary N) is 4. The maximum atomic E-state index is 16.9. The van der Waals surface area contributed by atoms with Gasteiger partial charge in [0.25, 0.3) is 0 Å². The van der Waals surface area contributed by atoms with E-state index in [1.54, 1.807) is 33.5 Å². The first kappa shape index (κ1) is 47.3. The molecule has 69 heavy (non-hydrogen) atoms. The molecule has 2 aromatic carbocycles. The van der Waals surface area contributed by atoms with Gasteiger partial charge in [-0.3, -0.25) is 14.2 Å². The Morgan fingerprint density at radius 1 is 0.783 bits per heavy atom. The Morgan fingerprint density at radius 3 is 1.87 bits per heavy atom. The summed E-state index contributed by atoms with van der Waals surface area (Å²) in [6.45, 7) is 14.9. The second-order valence-corrected chi connectivity index (χ2v) is 20.8. The van der Waals surface area contributed by atoms with E-state index in [1.807, 2.05) is 68.8 Å². The smallest absolute Gasteiger partial charge is 0.407 e. The van der Waals surface area contributed by atoms with Crippen molar-refractivity contribution in [2.45, 2.75) is 110 Å². The van der Waals surface area contributed by atoms with Gasteiger partial charge in [0.05, 0.1) is 76.7 Å². The highest BCUT2D eigenvalue weighted by atomic mass is 32.1. The summed E-state index contributed by atoms with van der Waals surface area (Å²) in [5, 5.41) is 7.18. The first-order valence-electron chi connectivity index (χ1n) is 23.5. The summed E-state index contributed by atoms with van der Waals surface area (Å²) in [5.74, 6) is 0.343. The number of nitrogens with zero attached hydrogens (tertiary/aromatic N) is 6. The number of imidazole rings is 2. The number of likely N-dealkylation sites (tertiary alicyclic amines) is 2. The maximum Gasteiger partial charge on any atom is 0.407 e. The van der Waals surface area contributed by atoms with Crippen molar-refractivity contribution in [2.75, 3.05) is 27.3 Å². The second kappa shape index (κ2) is 18.6. The van der Waals surface area contributed by atoms with E-state index in [2.05, 4.69) is 41.4 Å². The number of thiazole rings is 1. The number of H-pyrrole nitrogens is 2. The topological polar surface area (TPSA) is 202 Å². The largest absolute Gasteiger partial charge is 0.464 e. The molecule has 4 aromatic heterocycles. The molecule has 2 fully saturated rings. The van der Waals surface area contributed by atoms with Crippen molar-refractivity contribution in [2.24, 2.45) is 11.8 Å². The molecule has 0 radical (unpaired) electrons. The molecule has 5 atom stereocenters. The van der Waals surface area contributed by atoms with Crippen LogP contribution in [-0.2, 0) is 24.5 Å². The minimum atomic E-state index is -0.777. The molecule has 4 N–H and O–H groups in total. The Hall–Kier alpha value is -6.76. The van der Waals surface area contributed by atoms with Crippen LogP contribution in [0.5, 0.6) is 5.75 Å². The standard InChI is InChI=1S/C50H59FN10O7S/c1-25(2)40(57-48(64)66-8)44(62)59-16-10-12-34(59)42-52-22-31(55-42)27-14-15-33-29(18-27)20-36-39-30(51)19-28(21-37(39)68-46(61(33)36)38-24-54-47(69-38)50(5,6)7)32-23-53-43(56-32)35-13-11-17-60(35)45(63)41(26(3)4)58-49(65)67-9/h14-15,18-26,34-35,40-41,46H,10-13,16-17H2,1-9H3,(H,52,55)(H,53,56)(H,57,64)(H,58,65)/t34-,35-,40?,41?,46?/m0/s1. The molecule has 0 bridgehead atoms. The van der Waals surface area contributed by atoms with Gasteiger partial charge in [0.1, 0.15) is 35.3 Å². The first-order chi connectivity index (χ1) is 32.9. The van der Waals surface area contributed by atoms with Crippen LogP contribution in [0.4, 0.5) is 14.0 Å². The van der Waals surface area contributed by atoms with Crippen LogP contribution in [0.3, 0.4) is 0 Å². The number of fused-ring (bicyclic) bond motifs is 5. The van der Waals surface area contributed by atoms with Crippen molar-refractivity contribution in [3.8, 4) is 39.5 Å². The van der Waals surface area contributed by atoms with E-state index < -0.39 is 36.3 Å². The van der Waals surface area contributed by atoms with Gasteiger partial charge in [0.2, 0.25) is 18.0 Å². The highest BCUT2D eigenvalue weighted by Crippen LogP contribution is 2.49. The number of carbonyl (C=O) groups is 4. The van der Waals surface area contributed by atoms with Gasteiger partial charge in [-0.2, -0.15) is 0 Å². The number of methoxy groups -OCH3 is 2. The monoisotopic (exact) mass is 962 g/mol. The van der Waals surface area contributed by atoms with Gasteiger partial charge >= 0.3 is 12.2 Å². The van der Waals surface area contributed by atoms with Crippen molar-refractivity contribution < 1.29 is 37.8 Å². The van der Waals surface area contributed by atoms with Gasteiger partial charge in [0, 0.05) is 41.2 Å². The van der Waals surface area contributed by atoms with Gasteiger partial charge in [0.15, 0.2) is 0 Å². The molecule has 17 nitrogen and oxygen atoms in total. The summed E-state index contributed by atoms with van der Waals surface area (Å²) in [4.78, 5) is 77.4. The lowest BCUT2D eigenvalue weighted by Gasteiger charge is -2.30. The van der Waals surface area contributed by atoms with Crippen molar-refractivity contribution in [1.82, 2.24) is 49.9 Å². The number of aromatic amines is 2. The van der Waals surface area contributed by atoms with E-state index in [-0.39, 0.29) is 41.1 Å². The summed E-state index contributed by atoms with van der Waals surface area (Å²) < 4.78 is 35.4. The predicted molar refractivity (Wildman–Crippen MR) is 258 cm³/mol. The predicted octanol–water partition coefficient (Wildman–Crippen LogP) is 9.01. The van der Waals surface area contributed by atoms with Crippen LogP contribution < -0.4 is 15.4 Å². The molecular formula is C50H59FN10O7S. The van der Waals surface area contributed by atoms with Gasteiger partial charge in [-0.25, -0.2) is 28.9 Å². The van der Waals surface area contributed by atoms with Crippen LogP contribution in [0.15, 0.2) is 55.0 Å². The third-order valence-corrected chi connectivity index (χ3v) is 14.8. The number of ether oxygens (including phenoxy) is 3. The van der Waals surface area contributed by atoms with Crippen LogP contribution in [0, 0.1) is 17.7 Å². The summed E-state index contributed by atoms with van der Waals surface area (Å²) in [6.07, 6.45) is 6.18. The quantitative estimate of drug-likeness (QED) is 0.0971. The van der Waals surface area contributed by atoms with Crippen LogP contribution in [0.1, 0.15) is 114 Å². The molecule has 2 saturated heterocycles. The fraction of sp³-hybridized carbons (Fsp3) is 0.460. The summed E-state index contributed by atoms with van der Waals surface area (Å²) >= 11 is 1.56.